The molecule has 0 aromatic heterocycles. The van der Waals surface area contributed by atoms with Crippen molar-refractivity contribution < 1.29 is 28.1 Å². The molecule has 2 rings (SSSR count). The number of phosphoric ester groups is 1. The molecule has 0 saturated carbocycles. The van der Waals surface area contributed by atoms with Crippen LogP contribution in [0.5, 0.6) is 0 Å². The van der Waals surface area contributed by atoms with Gasteiger partial charge in [-0.3, -0.25) is 18.6 Å². The van der Waals surface area contributed by atoms with Crippen molar-refractivity contribution in [1.29, 1.82) is 0 Å². The number of carbonyl (C=O) groups is 2. The second-order valence-corrected chi connectivity index (χ2v) is 10.5. The number of carbonyl (C=O) groups excluding carboxylic acids is 2. The monoisotopic (exact) mass is 533 g/mol. The Hall–Kier alpha value is -2.55. The molecule has 0 radical (unpaired) electrons. The third-order valence-corrected chi connectivity index (χ3v) is 6.63. The van der Waals surface area contributed by atoms with E-state index < -0.39 is 13.9 Å². The summed E-state index contributed by atoms with van der Waals surface area (Å²) in [5.41, 5.74) is 2.31. The number of hydrogen-bond acceptors (Lipinski definition) is 6. The van der Waals surface area contributed by atoms with E-state index in [-0.39, 0.29) is 31.5 Å². The lowest BCUT2D eigenvalue weighted by molar-refractivity contribution is -0.121. The third kappa shape index (κ3) is 14.7. The lowest BCUT2D eigenvalue weighted by Gasteiger charge is -2.22. The molecule has 0 aliphatic rings. The highest BCUT2D eigenvalue weighted by atomic mass is 31.2. The number of nitrogens with zero attached hydrogens (tertiary/aromatic N) is 1. The number of hydrogen-bond donors (Lipinski definition) is 3. The number of rotatable bonds is 18. The van der Waals surface area contributed by atoms with Gasteiger partial charge in [0.25, 0.3) is 0 Å². The molecule has 1 unspecified atom stereocenters. The molecule has 0 fully saturated rings. The Balaban J connectivity index is 1.80. The molecule has 2 amide bonds. The third-order valence-electron chi connectivity index (χ3n) is 5.55. The van der Waals surface area contributed by atoms with Gasteiger partial charge in [0.2, 0.25) is 11.8 Å². The zero-order chi connectivity index (χ0) is 26.9. The highest BCUT2D eigenvalue weighted by molar-refractivity contribution is 7.47. The van der Waals surface area contributed by atoms with Crippen LogP contribution < -0.4 is 10.6 Å². The molecular formula is C27H40N3O6P. The average Bonchev–Trinajstić information content (AvgIpc) is 2.86. The Morgan fingerprint density at radius 1 is 0.865 bits per heavy atom. The van der Waals surface area contributed by atoms with Gasteiger partial charge in [-0.05, 0) is 50.9 Å². The summed E-state index contributed by atoms with van der Waals surface area (Å²) in [4.78, 5) is 36.6. The lowest BCUT2D eigenvalue weighted by atomic mass is 10.1. The number of likely N-dealkylation sites (N-methyl/N-ethyl adjacent to an activating group) is 1. The van der Waals surface area contributed by atoms with E-state index in [1.165, 1.54) is 0 Å². The second kappa shape index (κ2) is 17.1. The van der Waals surface area contributed by atoms with E-state index in [1.54, 1.807) is 0 Å². The molecule has 2 aromatic rings. The predicted octanol–water partition coefficient (Wildman–Crippen LogP) is 3.33. The highest BCUT2D eigenvalue weighted by Crippen LogP contribution is 2.44. The van der Waals surface area contributed by atoms with Crippen molar-refractivity contribution >= 4 is 19.6 Å². The van der Waals surface area contributed by atoms with Crippen LogP contribution in [0.3, 0.4) is 0 Å². The first kappa shape index (κ1) is 30.7. The van der Waals surface area contributed by atoms with Gasteiger partial charge in [-0.1, -0.05) is 60.7 Å². The molecular weight excluding hydrogens is 493 g/mol. The maximum Gasteiger partial charge on any atom is 0.472 e. The van der Waals surface area contributed by atoms with Gasteiger partial charge in [0.15, 0.2) is 0 Å². The van der Waals surface area contributed by atoms with Crippen LogP contribution in [0.1, 0.15) is 36.8 Å². The minimum Gasteiger partial charge on any atom is -0.353 e. The van der Waals surface area contributed by atoms with Crippen molar-refractivity contribution in [1.82, 2.24) is 15.5 Å². The normalized spacial score (nSPS) is 12.9. The molecule has 0 spiro atoms. The minimum atomic E-state index is -4.38. The van der Waals surface area contributed by atoms with Crippen LogP contribution in [0.25, 0.3) is 0 Å². The predicted molar refractivity (Wildman–Crippen MR) is 144 cm³/mol. The number of phosphoric acid groups is 1. The molecule has 0 aliphatic heterocycles. The van der Waals surface area contributed by atoms with Crippen molar-refractivity contribution in [3.8, 4) is 0 Å². The van der Waals surface area contributed by atoms with Gasteiger partial charge in [-0.2, -0.15) is 0 Å². The Bertz CT molecular complexity index is 913. The Kier molecular flexibility index (Phi) is 14.1. The second-order valence-electron chi connectivity index (χ2n) is 9.12. The van der Waals surface area contributed by atoms with E-state index in [1.807, 2.05) is 79.7 Å². The molecule has 0 bridgehead atoms. The summed E-state index contributed by atoms with van der Waals surface area (Å²) in [6.45, 7) is 0.381. The molecule has 2 aromatic carbocycles. The molecule has 0 saturated heterocycles. The van der Waals surface area contributed by atoms with E-state index in [2.05, 4.69) is 10.6 Å². The van der Waals surface area contributed by atoms with Crippen LogP contribution >= 0.6 is 7.82 Å². The van der Waals surface area contributed by atoms with Crippen molar-refractivity contribution in [2.45, 2.75) is 44.6 Å². The van der Waals surface area contributed by atoms with Gasteiger partial charge in [0.1, 0.15) is 6.10 Å². The van der Waals surface area contributed by atoms with E-state index in [0.717, 1.165) is 24.0 Å². The van der Waals surface area contributed by atoms with Gasteiger partial charge in [-0.25, -0.2) is 4.57 Å². The van der Waals surface area contributed by atoms with Gasteiger partial charge in [-0.15, -0.1) is 0 Å². The quantitative estimate of drug-likeness (QED) is 0.252. The number of benzene rings is 2. The summed E-state index contributed by atoms with van der Waals surface area (Å²) < 4.78 is 22.8. The van der Waals surface area contributed by atoms with Gasteiger partial charge in [0, 0.05) is 32.5 Å². The zero-order valence-electron chi connectivity index (χ0n) is 21.8. The van der Waals surface area contributed by atoms with Crippen molar-refractivity contribution in [3.63, 3.8) is 0 Å². The molecule has 37 heavy (non-hydrogen) atoms. The minimum absolute atomic E-state index is 0.00515. The fourth-order valence-electron chi connectivity index (χ4n) is 3.53. The Morgan fingerprint density at radius 3 is 1.76 bits per heavy atom. The molecule has 3 N–H and O–H groups in total. The maximum atomic E-state index is 12.4. The Morgan fingerprint density at radius 2 is 1.32 bits per heavy atom. The largest absolute Gasteiger partial charge is 0.472 e. The molecule has 0 aliphatic carbocycles. The van der Waals surface area contributed by atoms with E-state index in [0.29, 0.717) is 32.2 Å². The van der Waals surface area contributed by atoms with E-state index >= 15 is 0 Å². The topological polar surface area (TPSA) is 117 Å². The van der Waals surface area contributed by atoms with Gasteiger partial charge >= 0.3 is 7.82 Å². The summed E-state index contributed by atoms with van der Waals surface area (Å²) in [7, 11) is -0.746. The highest BCUT2D eigenvalue weighted by Gasteiger charge is 2.27. The first-order chi connectivity index (χ1) is 17.7. The van der Waals surface area contributed by atoms with Crippen LogP contribution in [0, 0.1) is 0 Å². The first-order valence-electron chi connectivity index (χ1n) is 12.7. The van der Waals surface area contributed by atoms with Gasteiger partial charge < -0.3 is 20.4 Å². The molecule has 0 heterocycles. The molecule has 204 valence electrons. The average molecular weight is 534 g/mol. The smallest absolute Gasteiger partial charge is 0.353 e. The lowest BCUT2D eigenvalue weighted by Crippen LogP contribution is -2.41. The van der Waals surface area contributed by atoms with Crippen LogP contribution in [0.2, 0.25) is 0 Å². The van der Waals surface area contributed by atoms with E-state index in [4.69, 9.17) is 9.05 Å². The first-order valence-corrected chi connectivity index (χ1v) is 14.1. The van der Waals surface area contributed by atoms with Crippen molar-refractivity contribution in [2.75, 3.05) is 40.3 Å². The van der Waals surface area contributed by atoms with Crippen LogP contribution in [0.4, 0.5) is 0 Å². The van der Waals surface area contributed by atoms with Crippen molar-refractivity contribution in [3.05, 3.63) is 71.8 Å². The van der Waals surface area contributed by atoms with Crippen molar-refractivity contribution in [2.24, 2.45) is 0 Å². The van der Waals surface area contributed by atoms with Crippen LogP contribution in [-0.4, -0.2) is 68.0 Å². The summed E-state index contributed by atoms with van der Waals surface area (Å²) in [5, 5.41) is 5.49. The molecule has 10 heteroatoms. The fourth-order valence-corrected chi connectivity index (χ4v) is 4.43. The van der Waals surface area contributed by atoms with Crippen LogP contribution in [0.15, 0.2) is 60.7 Å². The number of nitrogens with one attached hydrogen (secondary N) is 2. The number of aryl methyl sites for hydroxylation is 2. The fraction of sp³-hybridized carbons (Fsp3) is 0.481. The zero-order valence-corrected chi connectivity index (χ0v) is 22.7. The van der Waals surface area contributed by atoms with E-state index in [9.17, 15) is 19.0 Å². The summed E-state index contributed by atoms with van der Waals surface area (Å²) in [6, 6.07) is 19.8. The molecule has 9 nitrogen and oxygen atoms in total. The van der Waals surface area contributed by atoms with Crippen LogP contribution in [-0.2, 0) is 36.0 Å². The maximum absolute atomic E-state index is 12.4. The van der Waals surface area contributed by atoms with Gasteiger partial charge in [0.05, 0.1) is 6.61 Å². The SMILES string of the molecule is CN(C)CCOP(=O)(O)OC(CNC(=O)CCCc1ccccc1)CNC(=O)CCCc1ccccc1. The Labute approximate surface area is 220 Å². The molecule has 1 atom stereocenters. The summed E-state index contributed by atoms with van der Waals surface area (Å²) >= 11 is 0. The number of amides is 2. The summed E-state index contributed by atoms with van der Waals surface area (Å²) in [6.07, 6.45) is 2.59. The summed E-state index contributed by atoms with van der Waals surface area (Å²) in [5.74, 6) is -0.389. The standard InChI is InChI=1S/C27H40N3O6P/c1-30(2)19-20-35-37(33,34)36-25(21-28-26(31)17-9-15-23-11-5-3-6-12-23)22-29-27(32)18-10-16-24-13-7-4-8-14-24/h3-8,11-14,25H,9-10,15-22H2,1-2H3,(H,28,31)(H,29,32)(H,33,34).